The summed E-state index contributed by atoms with van der Waals surface area (Å²) in [6.07, 6.45) is 0.739. The fourth-order valence-electron chi connectivity index (χ4n) is 4.93. The number of amides is 1. The molecule has 10 heteroatoms. The van der Waals surface area contributed by atoms with Crippen molar-refractivity contribution in [1.82, 2.24) is 10.2 Å². The highest BCUT2D eigenvalue weighted by atomic mass is 79.9. The van der Waals surface area contributed by atoms with Crippen LogP contribution in [0.3, 0.4) is 0 Å². The van der Waals surface area contributed by atoms with Crippen molar-refractivity contribution in [3.63, 3.8) is 0 Å². The number of ketones is 1. The van der Waals surface area contributed by atoms with Crippen molar-refractivity contribution in [2.45, 2.75) is 42.5 Å². The van der Waals surface area contributed by atoms with E-state index in [2.05, 4.69) is 50.4 Å². The number of ether oxygens (including phenoxy) is 1. The van der Waals surface area contributed by atoms with Gasteiger partial charge in [-0.15, -0.1) is 10.2 Å². The molecule has 1 aromatic heterocycles. The van der Waals surface area contributed by atoms with Gasteiger partial charge in [-0.3, -0.25) is 14.5 Å². The minimum atomic E-state index is -0.871. The number of aryl methyl sites for hydroxylation is 1. The largest absolute Gasteiger partial charge is 0.507 e. The van der Waals surface area contributed by atoms with Crippen LogP contribution in [-0.4, -0.2) is 33.1 Å². The van der Waals surface area contributed by atoms with Gasteiger partial charge in [-0.05, 0) is 60.9 Å². The van der Waals surface area contributed by atoms with Crippen LogP contribution in [0, 0.1) is 6.92 Å². The normalized spacial score (nSPS) is 19.6. The van der Waals surface area contributed by atoms with E-state index in [0.29, 0.717) is 32.8 Å². The fraction of sp³-hybridized carbons (Fsp3) is 0.200. The van der Waals surface area contributed by atoms with Crippen LogP contribution in [0.15, 0.2) is 81.1 Å². The summed E-state index contributed by atoms with van der Waals surface area (Å²) in [7, 11) is 0. The number of rotatable bonds is 6. The standard InChI is InChI=1S/C30H24BrN3O4S2/c1-16-6-8-18(9-7-16)15-39-30-33-32-29(40-30)34-25(19-4-3-5-22(31)14-19)24(27(36)28(34)37)26(35)20-10-11-23-21(13-20)12-17(2)38-23/h3-11,13-14,17,25,35H,12,15H2,1-2H3/b26-24+. The molecule has 4 aromatic rings. The van der Waals surface area contributed by atoms with Crippen molar-refractivity contribution in [2.75, 3.05) is 4.90 Å². The topological polar surface area (TPSA) is 92.6 Å². The molecule has 202 valence electrons. The molecular formula is C30H24BrN3O4S2. The minimum Gasteiger partial charge on any atom is -0.507 e. The molecule has 2 atom stereocenters. The van der Waals surface area contributed by atoms with Crippen molar-refractivity contribution >= 4 is 61.6 Å². The van der Waals surface area contributed by atoms with E-state index in [1.54, 1.807) is 12.1 Å². The van der Waals surface area contributed by atoms with Gasteiger partial charge >= 0.3 is 5.91 Å². The molecule has 0 bridgehead atoms. The Hall–Kier alpha value is -3.47. The number of carbonyl (C=O) groups is 2. The van der Waals surface area contributed by atoms with Crippen LogP contribution in [0.4, 0.5) is 5.13 Å². The van der Waals surface area contributed by atoms with E-state index in [1.165, 1.54) is 33.6 Å². The lowest BCUT2D eigenvalue weighted by molar-refractivity contribution is -0.132. The number of Topliss-reactive ketones (excluding diaryl/α,β-unsaturated/α-hetero) is 1. The smallest absolute Gasteiger partial charge is 0.301 e. The lowest BCUT2D eigenvalue weighted by Gasteiger charge is -2.22. The third kappa shape index (κ3) is 5.07. The van der Waals surface area contributed by atoms with Crippen molar-refractivity contribution < 1.29 is 19.4 Å². The number of nitrogens with zero attached hydrogens (tertiary/aromatic N) is 3. The van der Waals surface area contributed by atoms with Crippen LogP contribution in [0.2, 0.25) is 0 Å². The summed E-state index contributed by atoms with van der Waals surface area (Å²) in [5.74, 6) is -0.291. The quantitative estimate of drug-likeness (QED) is 0.0816. The molecule has 1 N–H and O–H groups in total. The Balaban J connectivity index is 1.38. The van der Waals surface area contributed by atoms with Crippen LogP contribution in [0.25, 0.3) is 5.76 Å². The van der Waals surface area contributed by atoms with E-state index >= 15 is 0 Å². The van der Waals surface area contributed by atoms with E-state index in [9.17, 15) is 14.7 Å². The Morgan fingerprint density at radius 2 is 1.93 bits per heavy atom. The molecule has 2 aliphatic heterocycles. The van der Waals surface area contributed by atoms with E-state index in [4.69, 9.17) is 4.74 Å². The summed E-state index contributed by atoms with van der Waals surface area (Å²) < 4.78 is 7.25. The number of benzene rings is 3. The molecule has 3 aromatic carbocycles. The zero-order chi connectivity index (χ0) is 28.0. The van der Waals surface area contributed by atoms with Gasteiger partial charge in [0.2, 0.25) is 5.13 Å². The Kier molecular flexibility index (Phi) is 7.24. The maximum absolute atomic E-state index is 13.5. The number of aliphatic hydroxyl groups excluding tert-OH is 1. The van der Waals surface area contributed by atoms with E-state index in [1.807, 2.05) is 44.2 Å². The first-order valence-corrected chi connectivity index (χ1v) is 15.3. The van der Waals surface area contributed by atoms with Gasteiger partial charge in [0.15, 0.2) is 4.34 Å². The Labute approximate surface area is 248 Å². The van der Waals surface area contributed by atoms with Crippen LogP contribution in [-0.2, 0) is 21.8 Å². The molecule has 40 heavy (non-hydrogen) atoms. The number of aromatic nitrogens is 2. The molecule has 1 fully saturated rings. The average molecular weight is 635 g/mol. The van der Waals surface area contributed by atoms with Crippen molar-refractivity contribution in [3.8, 4) is 5.75 Å². The SMILES string of the molecule is Cc1ccc(CSc2nnc(N3C(=O)C(=O)/C(=C(/O)c4ccc5c(c4)CC(C)O5)C3c3cccc(Br)c3)s2)cc1. The second kappa shape index (κ2) is 10.8. The molecule has 6 rings (SSSR count). The molecule has 7 nitrogen and oxygen atoms in total. The molecular weight excluding hydrogens is 610 g/mol. The number of anilines is 1. The summed E-state index contributed by atoms with van der Waals surface area (Å²) in [5.41, 5.74) is 4.43. The number of aliphatic hydroxyl groups is 1. The molecule has 0 spiro atoms. The van der Waals surface area contributed by atoms with Gasteiger partial charge in [-0.1, -0.05) is 81.0 Å². The van der Waals surface area contributed by atoms with Gasteiger partial charge in [-0.2, -0.15) is 0 Å². The molecule has 1 amide bonds. The van der Waals surface area contributed by atoms with Crippen molar-refractivity contribution in [3.05, 3.63) is 105 Å². The van der Waals surface area contributed by atoms with E-state index in [0.717, 1.165) is 21.3 Å². The summed E-state index contributed by atoms with van der Waals surface area (Å²) >= 11 is 6.26. The van der Waals surface area contributed by atoms with Gasteiger partial charge < -0.3 is 9.84 Å². The van der Waals surface area contributed by atoms with Gasteiger partial charge in [0.05, 0.1) is 11.6 Å². The van der Waals surface area contributed by atoms with Gasteiger partial charge in [0.1, 0.15) is 17.6 Å². The fourth-order valence-corrected chi connectivity index (χ4v) is 7.17. The highest BCUT2D eigenvalue weighted by molar-refractivity contribution is 9.10. The summed E-state index contributed by atoms with van der Waals surface area (Å²) in [6, 6.07) is 20.1. The van der Waals surface area contributed by atoms with Crippen molar-refractivity contribution in [1.29, 1.82) is 0 Å². The summed E-state index contributed by atoms with van der Waals surface area (Å²) in [4.78, 5) is 28.4. The first-order chi connectivity index (χ1) is 19.3. The monoisotopic (exact) mass is 633 g/mol. The lowest BCUT2D eigenvalue weighted by atomic mass is 9.94. The predicted octanol–water partition coefficient (Wildman–Crippen LogP) is 6.85. The molecule has 2 unspecified atom stereocenters. The number of halogens is 1. The Morgan fingerprint density at radius 1 is 1.12 bits per heavy atom. The average Bonchev–Trinajstić information content (AvgIpc) is 3.63. The minimum absolute atomic E-state index is 0.0130. The molecule has 2 aliphatic rings. The van der Waals surface area contributed by atoms with Gasteiger partial charge in [0, 0.05) is 22.2 Å². The maximum atomic E-state index is 13.5. The van der Waals surface area contributed by atoms with Crippen LogP contribution in [0.5, 0.6) is 5.75 Å². The highest BCUT2D eigenvalue weighted by Gasteiger charge is 2.48. The third-order valence-electron chi connectivity index (χ3n) is 6.86. The predicted molar refractivity (Wildman–Crippen MR) is 160 cm³/mol. The number of hydrogen-bond acceptors (Lipinski definition) is 8. The second-order valence-corrected chi connectivity index (χ2v) is 12.9. The number of hydrogen-bond donors (Lipinski definition) is 1. The van der Waals surface area contributed by atoms with E-state index in [-0.39, 0.29) is 17.4 Å². The zero-order valence-corrected chi connectivity index (χ0v) is 24.8. The van der Waals surface area contributed by atoms with Gasteiger partial charge in [-0.25, -0.2) is 0 Å². The second-order valence-electron chi connectivity index (χ2n) is 9.80. The Bertz CT molecular complexity index is 1670. The van der Waals surface area contributed by atoms with E-state index < -0.39 is 17.7 Å². The number of carbonyl (C=O) groups excluding carboxylic acids is 2. The maximum Gasteiger partial charge on any atom is 0.301 e. The number of thioether (sulfide) groups is 1. The van der Waals surface area contributed by atoms with Crippen LogP contribution >= 0.6 is 39.0 Å². The highest BCUT2D eigenvalue weighted by Crippen LogP contribution is 2.45. The summed E-state index contributed by atoms with van der Waals surface area (Å²) in [5, 5.41) is 20.4. The first-order valence-electron chi connectivity index (χ1n) is 12.7. The zero-order valence-electron chi connectivity index (χ0n) is 21.6. The van der Waals surface area contributed by atoms with Crippen LogP contribution < -0.4 is 9.64 Å². The molecule has 0 saturated carbocycles. The first kappa shape index (κ1) is 26.7. The third-order valence-corrected chi connectivity index (χ3v) is 9.48. The number of fused-ring (bicyclic) bond motifs is 1. The van der Waals surface area contributed by atoms with Gasteiger partial charge in [0.25, 0.3) is 5.78 Å². The Morgan fingerprint density at radius 3 is 2.70 bits per heavy atom. The molecule has 3 heterocycles. The summed E-state index contributed by atoms with van der Waals surface area (Å²) in [6.45, 7) is 4.03. The molecule has 1 saturated heterocycles. The van der Waals surface area contributed by atoms with Crippen LogP contribution in [0.1, 0.15) is 40.8 Å². The molecule has 0 radical (unpaired) electrons. The lowest BCUT2D eigenvalue weighted by Crippen LogP contribution is -2.29. The van der Waals surface area contributed by atoms with Crippen molar-refractivity contribution in [2.24, 2.45) is 0 Å². The molecule has 0 aliphatic carbocycles.